The summed E-state index contributed by atoms with van der Waals surface area (Å²) in [5.74, 6) is 3.43. The zero-order valence-corrected chi connectivity index (χ0v) is 16.4. The molecule has 3 aromatic rings. The molecule has 2 aliphatic rings. The monoisotopic (exact) mass is 376 g/mol. The number of anilines is 1. The molecule has 3 heterocycles. The summed E-state index contributed by atoms with van der Waals surface area (Å²) in [5.41, 5.74) is 5.00. The number of nitrogens with zero attached hydrogens (tertiary/aromatic N) is 1. The van der Waals surface area contributed by atoms with Gasteiger partial charge in [-0.2, -0.15) is 0 Å². The van der Waals surface area contributed by atoms with Crippen molar-refractivity contribution in [3.63, 3.8) is 0 Å². The summed E-state index contributed by atoms with van der Waals surface area (Å²) >= 11 is 0. The van der Waals surface area contributed by atoms with E-state index >= 15 is 0 Å². The van der Waals surface area contributed by atoms with Gasteiger partial charge in [0.1, 0.15) is 17.7 Å². The molecular formula is C23H24N2O3. The topological polar surface area (TPSA) is 46.9 Å². The number of hydrogen-bond donors (Lipinski definition) is 1. The highest BCUT2D eigenvalue weighted by molar-refractivity contribution is 5.61. The van der Waals surface area contributed by atoms with Gasteiger partial charge in [-0.3, -0.25) is 4.90 Å². The molecule has 1 N–H and O–H groups in total. The minimum Gasteiger partial charge on any atom is -0.493 e. The van der Waals surface area contributed by atoms with Crippen molar-refractivity contribution in [1.29, 1.82) is 0 Å². The van der Waals surface area contributed by atoms with Gasteiger partial charge in [0.15, 0.2) is 11.5 Å². The third kappa shape index (κ3) is 2.58. The molecule has 0 amide bonds. The highest BCUT2D eigenvalue weighted by Crippen LogP contribution is 2.48. The van der Waals surface area contributed by atoms with Crippen LogP contribution in [-0.2, 0) is 6.42 Å². The third-order valence-corrected chi connectivity index (χ3v) is 5.82. The summed E-state index contributed by atoms with van der Waals surface area (Å²) < 4.78 is 17.1. The SMILES string of the molecule is COc1cc2c(cc1OC)C1c3ccccc3NC(c3ccc(C)o3)N1CC2. The lowest BCUT2D eigenvalue weighted by Gasteiger charge is -2.46. The van der Waals surface area contributed by atoms with E-state index in [4.69, 9.17) is 13.9 Å². The number of aryl methyl sites for hydroxylation is 1. The normalized spacial score (nSPS) is 20.5. The molecular weight excluding hydrogens is 352 g/mol. The quantitative estimate of drug-likeness (QED) is 0.719. The fourth-order valence-electron chi connectivity index (χ4n) is 4.52. The van der Waals surface area contributed by atoms with Crippen LogP contribution in [0.5, 0.6) is 11.5 Å². The van der Waals surface area contributed by atoms with Gasteiger partial charge in [-0.05, 0) is 60.4 Å². The number of methoxy groups -OCH3 is 2. The molecule has 28 heavy (non-hydrogen) atoms. The van der Waals surface area contributed by atoms with Gasteiger partial charge in [-0.1, -0.05) is 18.2 Å². The maximum absolute atomic E-state index is 6.01. The zero-order chi connectivity index (χ0) is 19.3. The second-order valence-corrected chi connectivity index (χ2v) is 7.38. The predicted octanol–water partition coefficient (Wildman–Crippen LogP) is 4.68. The molecule has 0 saturated carbocycles. The van der Waals surface area contributed by atoms with Crippen molar-refractivity contribution in [3.8, 4) is 11.5 Å². The molecule has 1 aromatic heterocycles. The van der Waals surface area contributed by atoms with E-state index in [1.165, 1.54) is 16.7 Å². The van der Waals surface area contributed by atoms with Crippen LogP contribution in [0.2, 0.25) is 0 Å². The van der Waals surface area contributed by atoms with Crippen LogP contribution in [0.4, 0.5) is 5.69 Å². The van der Waals surface area contributed by atoms with E-state index in [2.05, 4.69) is 52.7 Å². The van der Waals surface area contributed by atoms with E-state index in [1.54, 1.807) is 14.2 Å². The van der Waals surface area contributed by atoms with Gasteiger partial charge in [-0.15, -0.1) is 0 Å². The Morgan fingerprint density at radius 1 is 1.00 bits per heavy atom. The second-order valence-electron chi connectivity index (χ2n) is 7.38. The van der Waals surface area contributed by atoms with Crippen molar-refractivity contribution in [2.45, 2.75) is 25.6 Å². The smallest absolute Gasteiger partial charge is 0.161 e. The molecule has 0 spiro atoms. The molecule has 2 atom stereocenters. The van der Waals surface area contributed by atoms with Crippen LogP contribution < -0.4 is 14.8 Å². The Kier molecular flexibility index (Phi) is 4.05. The van der Waals surface area contributed by atoms with Crippen LogP contribution in [0, 0.1) is 6.92 Å². The van der Waals surface area contributed by atoms with Crippen molar-refractivity contribution >= 4 is 5.69 Å². The molecule has 2 aliphatic heterocycles. The summed E-state index contributed by atoms with van der Waals surface area (Å²) in [7, 11) is 3.38. The van der Waals surface area contributed by atoms with Gasteiger partial charge in [0.2, 0.25) is 0 Å². The Morgan fingerprint density at radius 3 is 2.54 bits per heavy atom. The van der Waals surface area contributed by atoms with Crippen LogP contribution in [0.3, 0.4) is 0 Å². The Labute approximate surface area is 164 Å². The number of hydrogen-bond acceptors (Lipinski definition) is 5. The lowest BCUT2D eigenvalue weighted by molar-refractivity contribution is 0.136. The maximum Gasteiger partial charge on any atom is 0.161 e. The number of ether oxygens (including phenoxy) is 2. The van der Waals surface area contributed by atoms with E-state index in [0.717, 1.165) is 41.7 Å². The van der Waals surface area contributed by atoms with Gasteiger partial charge >= 0.3 is 0 Å². The van der Waals surface area contributed by atoms with E-state index < -0.39 is 0 Å². The molecule has 0 aliphatic carbocycles. The minimum absolute atomic E-state index is 0.00477. The number of furan rings is 1. The predicted molar refractivity (Wildman–Crippen MR) is 108 cm³/mol. The Balaban J connectivity index is 1.68. The van der Waals surface area contributed by atoms with Gasteiger partial charge < -0.3 is 19.2 Å². The van der Waals surface area contributed by atoms with Gasteiger partial charge in [-0.25, -0.2) is 0 Å². The summed E-state index contributed by atoms with van der Waals surface area (Å²) in [6, 6.07) is 17.0. The van der Waals surface area contributed by atoms with E-state index in [1.807, 2.05) is 13.0 Å². The first-order valence-electron chi connectivity index (χ1n) is 9.62. The molecule has 2 unspecified atom stereocenters. The van der Waals surface area contributed by atoms with Crippen molar-refractivity contribution in [3.05, 3.63) is 76.7 Å². The van der Waals surface area contributed by atoms with E-state index in [9.17, 15) is 0 Å². The van der Waals surface area contributed by atoms with Crippen molar-refractivity contribution < 1.29 is 13.9 Å². The van der Waals surface area contributed by atoms with Crippen molar-refractivity contribution in [1.82, 2.24) is 4.90 Å². The third-order valence-electron chi connectivity index (χ3n) is 5.82. The summed E-state index contributed by atoms with van der Waals surface area (Å²) in [4.78, 5) is 2.48. The lowest BCUT2D eigenvalue weighted by Crippen LogP contribution is -2.45. The first-order valence-corrected chi connectivity index (χ1v) is 9.62. The first-order chi connectivity index (χ1) is 13.7. The molecule has 5 nitrogen and oxygen atoms in total. The average molecular weight is 376 g/mol. The van der Waals surface area contributed by atoms with Gasteiger partial charge in [0, 0.05) is 12.2 Å². The lowest BCUT2D eigenvalue weighted by atomic mass is 9.85. The first kappa shape index (κ1) is 17.2. The summed E-state index contributed by atoms with van der Waals surface area (Å²) in [5, 5.41) is 3.68. The van der Waals surface area contributed by atoms with Crippen LogP contribution in [0.25, 0.3) is 0 Å². The highest BCUT2D eigenvalue weighted by Gasteiger charge is 2.40. The largest absolute Gasteiger partial charge is 0.493 e. The zero-order valence-electron chi connectivity index (χ0n) is 16.4. The van der Waals surface area contributed by atoms with E-state index in [0.29, 0.717) is 0 Å². The Bertz CT molecular complexity index is 1030. The molecule has 0 bridgehead atoms. The molecule has 0 saturated heterocycles. The van der Waals surface area contributed by atoms with Crippen LogP contribution in [0.15, 0.2) is 52.9 Å². The molecule has 0 radical (unpaired) electrons. The van der Waals surface area contributed by atoms with Crippen LogP contribution >= 0.6 is 0 Å². The Hall–Kier alpha value is -2.92. The summed E-state index contributed by atoms with van der Waals surface area (Å²) in [6.45, 7) is 2.92. The Morgan fingerprint density at radius 2 is 1.79 bits per heavy atom. The van der Waals surface area contributed by atoms with Crippen molar-refractivity contribution in [2.24, 2.45) is 0 Å². The number of fused-ring (bicyclic) bond motifs is 5. The number of rotatable bonds is 3. The second kappa shape index (κ2) is 6.60. The number of nitrogens with one attached hydrogen (secondary N) is 1. The fourth-order valence-corrected chi connectivity index (χ4v) is 4.52. The molecule has 2 aromatic carbocycles. The molecule has 5 heteroatoms. The summed E-state index contributed by atoms with van der Waals surface area (Å²) in [6.07, 6.45) is 0.946. The average Bonchev–Trinajstić information content (AvgIpc) is 3.17. The standard InChI is InChI=1S/C23H24N2O3/c1-14-8-9-19(28-14)23-24-18-7-5-4-6-16(18)22-17-13-21(27-3)20(26-2)12-15(17)10-11-25(22)23/h4-9,12-13,22-24H,10-11H2,1-3H3. The number of benzene rings is 2. The number of para-hydroxylation sites is 1. The van der Waals surface area contributed by atoms with Crippen LogP contribution in [-0.4, -0.2) is 25.7 Å². The minimum atomic E-state index is -0.00477. The maximum atomic E-state index is 6.01. The molecule has 5 rings (SSSR count). The highest BCUT2D eigenvalue weighted by atomic mass is 16.5. The van der Waals surface area contributed by atoms with Gasteiger partial charge in [0.25, 0.3) is 0 Å². The fraction of sp³-hybridized carbons (Fsp3) is 0.304. The molecule has 0 fully saturated rings. The van der Waals surface area contributed by atoms with E-state index in [-0.39, 0.29) is 12.2 Å². The van der Waals surface area contributed by atoms with Crippen molar-refractivity contribution in [2.75, 3.05) is 26.1 Å². The van der Waals surface area contributed by atoms with Crippen LogP contribution in [0.1, 0.15) is 40.4 Å². The van der Waals surface area contributed by atoms with Gasteiger partial charge in [0.05, 0.1) is 20.3 Å². The molecule has 144 valence electrons.